The highest BCUT2D eigenvalue weighted by Crippen LogP contribution is 2.45. The quantitative estimate of drug-likeness (QED) is 0.855. The molecule has 6 heteroatoms. The average molecular weight is 348 g/mol. The fourth-order valence-corrected chi connectivity index (χ4v) is 4.44. The zero-order chi connectivity index (χ0) is 18.0. The van der Waals surface area contributed by atoms with Crippen molar-refractivity contribution in [2.24, 2.45) is 23.5 Å². The van der Waals surface area contributed by atoms with Crippen LogP contribution in [0.1, 0.15) is 32.1 Å². The van der Waals surface area contributed by atoms with E-state index in [4.69, 9.17) is 19.9 Å². The van der Waals surface area contributed by atoms with Gasteiger partial charge in [-0.2, -0.15) is 0 Å². The number of ether oxygens (including phenoxy) is 3. The Morgan fingerprint density at radius 1 is 1.04 bits per heavy atom. The van der Waals surface area contributed by atoms with Gasteiger partial charge < -0.3 is 25.3 Å². The van der Waals surface area contributed by atoms with E-state index in [9.17, 15) is 4.79 Å². The fourth-order valence-electron chi connectivity index (χ4n) is 4.44. The Bertz CT molecular complexity index is 620. The standard InChI is InChI=1S/C19H28N2O4/c1-23-15-8-7-14(17(24-2)18(15)25-3)21-19(22)13-9-11-5-4-6-12(10-13)16(11)20/h7-8,11-13,16H,4-6,9-10,20H2,1-3H3,(H,21,22). The summed E-state index contributed by atoms with van der Waals surface area (Å²) in [4.78, 5) is 12.8. The maximum absolute atomic E-state index is 12.8. The number of fused-ring (bicyclic) bond motifs is 2. The van der Waals surface area contributed by atoms with Gasteiger partial charge in [0.1, 0.15) is 0 Å². The number of carbonyl (C=O) groups is 1. The van der Waals surface area contributed by atoms with Crippen LogP contribution in [0.5, 0.6) is 17.2 Å². The Kier molecular flexibility index (Phi) is 5.37. The van der Waals surface area contributed by atoms with Crippen LogP contribution in [-0.2, 0) is 4.79 Å². The molecule has 0 aliphatic heterocycles. The lowest BCUT2D eigenvalue weighted by molar-refractivity contribution is -0.122. The van der Waals surface area contributed by atoms with Crippen LogP contribution in [0, 0.1) is 17.8 Å². The van der Waals surface area contributed by atoms with Gasteiger partial charge in [-0.15, -0.1) is 0 Å². The highest BCUT2D eigenvalue weighted by Gasteiger charge is 2.40. The lowest BCUT2D eigenvalue weighted by atomic mass is 9.65. The van der Waals surface area contributed by atoms with Gasteiger partial charge in [-0.1, -0.05) is 6.42 Å². The number of hydrogen-bond donors (Lipinski definition) is 2. The van der Waals surface area contributed by atoms with Crippen LogP contribution in [0.25, 0.3) is 0 Å². The van der Waals surface area contributed by atoms with Crippen molar-refractivity contribution >= 4 is 11.6 Å². The first-order valence-corrected chi connectivity index (χ1v) is 8.94. The van der Waals surface area contributed by atoms with Crippen molar-refractivity contribution in [3.8, 4) is 17.2 Å². The zero-order valence-corrected chi connectivity index (χ0v) is 15.2. The molecule has 1 amide bonds. The molecule has 0 spiro atoms. The Morgan fingerprint density at radius 3 is 2.24 bits per heavy atom. The summed E-state index contributed by atoms with van der Waals surface area (Å²) < 4.78 is 16.1. The maximum Gasteiger partial charge on any atom is 0.227 e. The summed E-state index contributed by atoms with van der Waals surface area (Å²) in [6, 6.07) is 3.81. The van der Waals surface area contributed by atoms with Crippen LogP contribution < -0.4 is 25.3 Å². The van der Waals surface area contributed by atoms with Crippen molar-refractivity contribution in [2.45, 2.75) is 38.1 Å². The monoisotopic (exact) mass is 348 g/mol. The summed E-state index contributed by atoms with van der Waals surface area (Å²) in [5, 5.41) is 3.02. The van der Waals surface area contributed by atoms with E-state index < -0.39 is 0 Å². The third-order valence-corrected chi connectivity index (χ3v) is 5.75. The summed E-state index contributed by atoms with van der Waals surface area (Å²) in [6.07, 6.45) is 5.27. The third kappa shape index (κ3) is 3.40. The second kappa shape index (κ2) is 7.52. The molecule has 2 aliphatic carbocycles. The lowest BCUT2D eigenvalue weighted by Gasteiger charge is -2.43. The molecule has 3 N–H and O–H groups in total. The van der Waals surface area contributed by atoms with Gasteiger partial charge in [0.25, 0.3) is 0 Å². The molecule has 2 atom stereocenters. The molecule has 25 heavy (non-hydrogen) atoms. The van der Waals surface area contributed by atoms with Gasteiger partial charge >= 0.3 is 0 Å². The number of nitrogens with two attached hydrogens (primary N) is 1. The van der Waals surface area contributed by atoms with Crippen molar-refractivity contribution < 1.29 is 19.0 Å². The fraction of sp³-hybridized carbons (Fsp3) is 0.632. The first kappa shape index (κ1) is 17.9. The molecule has 6 nitrogen and oxygen atoms in total. The molecule has 0 saturated heterocycles. The van der Waals surface area contributed by atoms with Crippen LogP contribution in [0.3, 0.4) is 0 Å². The van der Waals surface area contributed by atoms with E-state index in [0.717, 1.165) is 25.7 Å². The molecule has 1 aromatic carbocycles. The molecular weight excluding hydrogens is 320 g/mol. The minimum absolute atomic E-state index is 0.00732. The number of methoxy groups -OCH3 is 3. The second-order valence-corrected chi connectivity index (χ2v) is 7.07. The first-order chi connectivity index (χ1) is 12.1. The highest BCUT2D eigenvalue weighted by molar-refractivity contribution is 5.95. The Balaban J connectivity index is 1.77. The summed E-state index contributed by atoms with van der Waals surface area (Å²) >= 11 is 0. The number of hydrogen-bond acceptors (Lipinski definition) is 5. The zero-order valence-electron chi connectivity index (χ0n) is 15.2. The number of benzene rings is 1. The molecular formula is C19H28N2O4. The summed E-state index contributed by atoms with van der Waals surface area (Å²) in [5.41, 5.74) is 6.93. The lowest BCUT2D eigenvalue weighted by Crippen LogP contribution is -2.48. The average Bonchev–Trinajstić information content (AvgIpc) is 2.60. The van der Waals surface area contributed by atoms with Crippen LogP contribution in [-0.4, -0.2) is 33.3 Å². The molecule has 2 fully saturated rings. The summed E-state index contributed by atoms with van der Waals surface area (Å²) in [7, 11) is 4.67. The van der Waals surface area contributed by atoms with Gasteiger partial charge in [-0.3, -0.25) is 4.79 Å². The van der Waals surface area contributed by atoms with E-state index in [-0.39, 0.29) is 17.9 Å². The molecule has 2 aliphatic rings. The van der Waals surface area contributed by atoms with Crippen molar-refractivity contribution in [2.75, 3.05) is 26.6 Å². The summed E-state index contributed by atoms with van der Waals surface area (Å²) in [6.45, 7) is 0. The van der Waals surface area contributed by atoms with E-state index in [1.54, 1.807) is 33.5 Å². The van der Waals surface area contributed by atoms with Gasteiger partial charge in [0.05, 0.1) is 27.0 Å². The van der Waals surface area contributed by atoms with Gasteiger partial charge in [0.2, 0.25) is 11.7 Å². The van der Waals surface area contributed by atoms with E-state index in [1.165, 1.54) is 6.42 Å². The molecule has 138 valence electrons. The van der Waals surface area contributed by atoms with Crippen molar-refractivity contribution in [3.63, 3.8) is 0 Å². The molecule has 2 unspecified atom stereocenters. The molecule has 0 heterocycles. The van der Waals surface area contributed by atoms with Crippen LogP contribution in [0.15, 0.2) is 12.1 Å². The van der Waals surface area contributed by atoms with Gasteiger partial charge in [0, 0.05) is 12.0 Å². The van der Waals surface area contributed by atoms with E-state index in [1.807, 2.05) is 0 Å². The third-order valence-electron chi connectivity index (χ3n) is 5.75. The van der Waals surface area contributed by atoms with Crippen molar-refractivity contribution in [1.29, 1.82) is 0 Å². The number of rotatable bonds is 5. The predicted octanol–water partition coefficient (Wildman–Crippen LogP) is 2.80. The van der Waals surface area contributed by atoms with Crippen LogP contribution in [0.4, 0.5) is 5.69 Å². The van der Waals surface area contributed by atoms with Gasteiger partial charge in [0.15, 0.2) is 11.5 Å². The van der Waals surface area contributed by atoms with Crippen molar-refractivity contribution in [3.05, 3.63) is 12.1 Å². The molecule has 0 radical (unpaired) electrons. The number of carbonyl (C=O) groups excluding carboxylic acids is 1. The van der Waals surface area contributed by atoms with Gasteiger partial charge in [-0.05, 0) is 49.7 Å². The van der Waals surface area contributed by atoms with Gasteiger partial charge in [-0.25, -0.2) is 0 Å². The summed E-state index contributed by atoms with van der Waals surface area (Å²) in [5.74, 6) is 2.50. The van der Waals surface area contributed by atoms with E-state index in [0.29, 0.717) is 34.8 Å². The van der Waals surface area contributed by atoms with Crippen LogP contribution in [0.2, 0.25) is 0 Å². The molecule has 3 rings (SSSR count). The Labute approximate surface area is 149 Å². The Morgan fingerprint density at radius 2 is 1.68 bits per heavy atom. The maximum atomic E-state index is 12.8. The molecule has 0 aromatic heterocycles. The minimum atomic E-state index is 0.00732. The minimum Gasteiger partial charge on any atom is -0.493 e. The largest absolute Gasteiger partial charge is 0.493 e. The molecule has 1 aromatic rings. The highest BCUT2D eigenvalue weighted by atomic mass is 16.5. The van der Waals surface area contributed by atoms with Crippen LogP contribution >= 0.6 is 0 Å². The number of amides is 1. The molecule has 2 bridgehead atoms. The molecule has 2 saturated carbocycles. The number of anilines is 1. The number of nitrogens with one attached hydrogen (secondary N) is 1. The Hall–Kier alpha value is -1.95. The first-order valence-electron chi connectivity index (χ1n) is 8.94. The van der Waals surface area contributed by atoms with Crippen molar-refractivity contribution in [1.82, 2.24) is 0 Å². The smallest absolute Gasteiger partial charge is 0.227 e. The van der Waals surface area contributed by atoms with E-state index >= 15 is 0 Å². The normalized spacial score (nSPS) is 28.2. The van der Waals surface area contributed by atoms with E-state index in [2.05, 4.69) is 5.32 Å². The topological polar surface area (TPSA) is 82.8 Å². The SMILES string of the molecule is COc1ccc(NC(=O)C2CC3CCCC(C2)C3N)c(OC)c1OC. The second-order valence-electron chi connectivity index (χ2n) is 7.07. The predicted molar refractivity (Wildman–Crippen MR) is 96.3 cm³/mol.